The van der Waals surface area contributed by atoms with Crippen LogP contribution in [0.15, 0.2) is 22.8 Å². The Morgan fingerprint density at radius 3 is 2.91 bits per heavy atom. The van der Waals surface area contributed by atoms with Gasteiger partial charge in [0.15, 0.2) is 6.04 Å². The van der Waals surface area contributed by atoms with Crippen LogP contribution in [0.1, 0.15) is 11.8 Å². The summed E-state index contributed by atoms with van der Waals surface area (Å²) in [5.74, 6) is -0.526. The lowest BCUT2D eigenvalue weighted by molar-refractivity contribution is -0.139. The normalized spacial score (nSPS) is 12.8. The maximum Gasteiger partial charge on any atom is 0.328 e. The van der Waals surface area contributed by atoms with Gasteiger partial charge in [0.05, 0.1) is 6.26 Å². The fourth-order valence-electron chi connectivity index (χ4n) is 0.843. The fourth-order valence-corrected chi connectivity index (χ4v) is 0.843. The van der Waals surface area contributed by atoms with Crippen molar-refractivity contribution in [2.45, 2.75) is 6.04 Å². The Hall–Kier alpha value is -1.29. The van der Waals surface area contributed by atoms with Crippen LogP contribution in [0, 0.1) is 0 Å². The van der Waals surface area contributed by atoms with Crippen molar-refractivity contribution < 1.29 is 14.3 Å². The molecule has 4 nitrogen and oxygen atoms in total. The first-order chi connectivity index (χ1) is 5.25. The second-order valence-electron chi connectivity index (χ2n) is 2.08. The molecule has 2 N–H and O–H groups in total. The molecular formula is C7H9NO3. The number of aliphatic carboxylic acids is 1. The number of hydrogen-bond acceptors (Lipinski definition) is 3. The molecule has 0 saturated heterocycles. The fraction of sp³-hybridized carbons (Fsp3) is 0.286. The summed E-state index contributed by atoms with van der Waals surface area (Å²) < 4.78 is 4.90. The quantitative estimate of drug-likeness (QED) is 0.671. The van der Waals surface area contributed by atoms with Crippen molar-refractivity contribution >= 4 is 5.97 Å². The molecule has 0 aromatic carbocycles. The Balaban J connectivity index is 2.79. The zero-order valence-electron chi connectivity index (χ0n) is 6.07. The maximum atomic E-state index is 10.5. The maximum absolute atomic E-state index is 10.5. The average Bonchev–Trinajstić information content (AvgIpc) is 2.40. The van der Waals surface area contributed by atoms with Gasteiger partial charge in [0, 0.05) is 0 Å². The Labute approximate surface area is 63.8 Å². The molecule has 0 radical (unpaired) electrons. The third kappa shape index (κ3) is 1.59. The second kappa shape index (κ2) is 3.21. The minimum Gasteiger partial charge on any atom is -0.480 e. The Morgan fingerprint density at radius 2 is 2.55 bits per heavy atom. The van der Waals surface area contributed by atoms with Crippen LogP contribution < -0.4 is 5.32 Å². The number of carboxylic acids is 1. The van der Waals surface area contributed by atoms with Crippen molar-refractivity contribution in [3.63, 3.8) is 0 Å². The van der Waals surface area contributed by atoms with Gasteiger partial charge in [-0.25, -0.2) is 0 Å². The molecule has 1 aromatic heterocycles. The summed E-state index contributed by atoms with van der Waals surface area (Å²) in [6.45, 7) is 0. The molecular weight excluding hydrogens is 146 g/mol. The lowest BCUT2D eigenvalue weighted by atomic mass is 10.2. The average molecular weight is 155 g/mol. The third-order valence-corrected chi connectivity index (χ3v) is 1.36. The summed E-state index contributed by atoms with van der Waals surface area (Å²) in [5.41, 5.74) is 0. The highest BCUT2D eigenvalue weighted by Gasteiger charge is 2.19. The van der Waals surface area contributed by atoms with Gasteiger partial charge in [-0.3, -0.25) is 4.79 Å². The van der Waals surface area contributed by atoms with Crippen LogP contribution in [0.5, 0.6) is 0 Å². The molecule has 0 saturated carbocycles. The predicted molar refractivity (Wildman–Crippen MR) is 38.1 cm³/mol. The van der Waals surface area contributed by atoms with Gasteiger partial charge in [0.2, 0.25) is 0 Å². The highest BCUT2D eigenvalue weighted by molar-refractivity contribution is 5.74. The molecule has 1 heterocycles. The van der Waals surface area contributed by atoms with Gasteiger partial charge in [0.1, 0.15) is 5.76 Å². The van der Waals surface area contributed by atoms with Crippen LogP contribution in [-0.4, -0.2) is 18.1 Å². The molecule has 0 spiro atoms. The van der Waals surface area contributed by atoms with Crippen molar-refractivity contribution in [3.05, 3.63) is 24.2 Å². The van der Waals surface area contributed by atoms with Gasteiger partial charge in [-0.05, 0) is 19.2 Å². The van der Waals surface area contributed by atoms with Crippen molar-refractivity contribution in [1.29, 1.82) is 0 Å². The molecule has 0 aliphatic carbocycles. The molecule has 0 aliphatic heterocycles. The van der Waals surface area contributed by atoms with E-state index in [2.05, 4.69) is 5.32 Å². The summed E-state index contributed by atoms with van der Waals surface area (Å²) in [7, 11) is 1.57. The first-order valence-electron chi connectivity index (χ1n) is 3.19. The molecule has 0 bridgehead atoms. The van der Waals surface area contributed by atoms with Gasteiger partial charge in [0.25, 0.3) is 0 Å². The van der Waals surface area contributed by atoms with E-state index in [1.165, 1.54) is 6.26 Å². The molecule has 0 fully saturated rings. The van der Waals surface area contributed by atoms with E-state index < -0.39 is 12.0 Å². The van der Waals surface area contributed by atoms with Crippen molar-refractivity contribution in [3.8, 4) is 0 Å². The van der Waals surface area contributed by atoms with E-state index in [1.807, 2.05) is 0 Å². The largest absolute Gasteiger partial charge is 0.480 e. The van der Waals surface area contributed by atoms with E-state index in [1.54, 1.807) is 19.2 Å². The van der Waals surface area contributed by atoms with Crippen LogP contribution in [0.3, 0.4) is 0 Å². The number of carboxylic acid groups (broad SMARTS) is 1. The molecule has 4 heteroatoms. The smallest absolute Gasteiger partial charge is 0.328 e. The first-order valence-corrected chi connectivity index (χ1v) is 3.19. The van der Waals surface area contributed by atoms with E-state index in [0.717, 1.165) is 0 Å². The Kier molecular flexibility index (Phi) is 2.28. The van der Waals surface area contributed by atoms with Crippen LogP contribution in [-0.2, 0) is 4.79 Å². The monoisotopic (exact) mass is 155 g/mol. The minimum absolute atomic E-state index is 0.417. The van der Waals surface area contributed by atoms with Gasteiger partial charge < -0.3 is 14.8 Å². The van der Waals surface area contributed by atoms with Crippen molar-refractivity contribution in [2.75, 3.05) is 7.05 Å². The van der Waals surface area contributed by atoms with Crippen LogP contribution in [0.2, 0.25) is 0 Å². The first kappa shape index (κ1) is 7.81. The summed E-state index contributed by atoms with van der Waals surface area (Å²) in [5, 5.41) is 11.2. The number of carbonyl (C=O) groups is 1. The number of rotatable bonds is 3. The number of furan rings is 1. The molecule has 0 amide bonds. The number of hydrogen-bond donors (Lipinski definition) is 2. The summed E-state index contributed by atoms with van der Waals surface area (Å²) >= 11 is 0. The summed E-state index contributed by atoms with van der Waals surface area (Å²) in [6, 6.07) is 2.53. The second-order valence-corrected chi connectivity index (χ2v) is 2.08. The van der Waals surface area contributed by atoms with Crippen molar-refractivity contribution in [1.82, 2.24) is 5.32 Å². The molecule has 60 valence electrons. The zero-order valence-corrected chi connectivity index (χ0v) is 6.07. The Bertz CT molecular complexity index is 230. The van der Waals surface area contributed by atoms with Crippen LogP contribution in [0.4, 0.5) is 0 Å². The highest BCUT2D eigenvalue weighted by atomic mass is 16.4. The molecule has 1 aromatic rings. The molecule has 1 rings (SSSR count). The zero-order chi connectivity index (χ0) is 8.27. The Morgan fingerprint density at radius 1 is 1.82 bits per heavy atom. The van der Waals surface area contributed by atoms with Crippen LogP contribution >= 0.6 is 0 Å². The molecule has 1 atom stereocenters. The SMILES string of the molecule is CNC(C(=O)O)c1ccco1. The van der Waals surface area contributed by atoms with Crippen molar-refractivity contribution in [2.24, 2.45) is 0 Å². The van der Waals surface area contributed by atoms with Gasteiger partial charge in [-0.15, -0.1) is 0 Å². The van der Waals surface area contributed by atoms with E-state index in [9.17, 15) is 4.79 Å². The predicted octanol–water partition coefficient (Wildman–Crippen LogP) is 0.625. The summed E-state index contributed by atoms with van der Waals surface area (Å²) in [4.78, 5) is 10.5. The van der Waals surface area contributed by atoms with E-state index in [4.69, 9.17) is 9.52 Å². The number of nitrogens with one attached hydrogen (secondary N) is 1. The minimum atomic E-state index is -0.942. The molecule has 11 heavy (non-hydrogen) atoms. The van der Waals surface area contributed by atoms with Crippen LogP contribution in [0.25, 0.3) is 0 Å². The summed E-state index contributed by atoms with van der Waals surface area (Å²) in [6.07, 6.45) is 1.45. The van der Waals surface area contributed by atoms with E-state index >= 15 is 0 Å². The van der Waals surface area contributed by atoms with Gasteiger partial charge in [-0.1, -0.05) is 0 Å². The van der Waals surface area contributed by atoms with Gasteiger partial charge >= 0.3 is 5.97 Å². The lowest BCUT2D eigenvalue weighted by Crippen LogP contribution is -2.24. The molecule has 1 unspecified atom stereocenters. The van der Waals surface area contributed by atoms with E-state index in [0.29, 0.717) is 5.76 Å². The number of likely N-dealkylation sites (N-methyl/N-ethyl adjacent to an activating group) is 1. The standard InChI is InChI=1S/C7H9NO3/c1-8-6(7(9)10)5-3-2-4-11-5/h2-4,6,8H,1H3,(H,9,10). The lowest BCUT2D eigenvalue weighted by Gasteiger charge is -2.06. The third-order valence-electron chi connectivity index (χ3n) is 1.36. The van der Waals surface area contributed by atoms with Gasteiger partial charge in [-0.2, -0.15) is 0 Å². The van der Waals surface area contributed by atoms with E-state index in [-0.39, 0.29) is 0 Å². The highest BCUT2D eigenvalue weighted by Crippen LogP contribution is 2.12. The topological polar surface area (TPSA) is 62.5 Å². The molecule has 0 aliphatic rings.